The Morgan fingerprint density at radius 1 is 1.27 bits per heavy atom. The molecular weight excluding hydrogens is 355 g/mol. The summed E-state index contributed by atoms with van der Waals surface area (Å²) in [5.74, 6) is -0.501. The Balaban J connectivity index is 1.39. The van der Waals surface area contributed by atoms with E-state index in [0.717, 1.165) is 35.3 Å². The van der Waals surface area contributed by atoms with Gasteiger partial charge in [-0.15, -0.1) is 0 Å². The van der Waals surface area contributed by atoms with Crippen LogP contribution in [0.2, 0.25) is 5.02 Å². The molecule has 1 N–H and O–H groups in total. The molecule has 1 amide bonds. The highest BCUT2D eigenvalue weighted by Gasteiger charge is 2.05. The van der Waals surface area contributed by atoms with Gasteiger partial charge in [-0.2, -0.15) is 5.10 Å². The van der Waals surface area contributed by atoms with Crippen molar-refractivity contribution in [3.8, 4) is 0 Å². The van der Waals surface area contributed by atoms with Crippen molar-refractivity contribution in [2.24, 2.45) is 0 Å². The molecule has 2 heterocycles. The van der Waals surface area contributed by atoms with Gasteiger partial charge in [0.25, 0.3) is 0 Å². The van der Waals surface area contributed by atoms with E-state index in [9.17, 15) is 9.18 Å². The number of nitrogens with one attached hydrogen (secondary N) is 1. The molecule has 3 aromatic rings. The molecule has 136 valence electrons. The van der Waals surface area contributed by atoms with Crippen molar-refractivity contribution in [2.75, 3.05) is 6.54 Å². The van der Waals surface area contributed by atoms with Crippen LogP contribution in [-0.4, -0.2) is 27.0 Å². The van der Waals surface area contributed by atoms with Crippen molar-refractivity contribution in [1.82, 2.24) is 19.9 Å². The number of fused-ring (bicyclic) bond motifs is 1. The summed E-state index contributed by atoms with van der Waals surface area (Å²) in [6, 6.07) is 6.54. The Labute approximate surface area is 156 Å². The molecule has 0 aliphatic carbocycles. The monoisotopic (exact) mass is 374 g/mol. The van der Waals surface area contributed by atoms with Crippen molar-refractivity contribution in [1.29, 1.82) is 0 Å². The van der Waals surface area contributed by atoms with Crippen LogP contribution >= 0.6 is 11.6 Å². The fraction of sp³-hybridized carbons (Fsp3) is 0.316. The third kappa shape index (κ3) is 4.79. The van der Waals surface area contributed by atoms with Crippen LogP contribution in [0, 0.1) is 12.7 Å². The SMILES string of the molecule is Cc1cc2ncc(CCCNC(=O)CCc3ccc(Cl)c(F)c3)cn2n1. The highest BCUT2D eigenvalue weighted by molar-refractivity contribution is 6.30. The Kier molecular flexibility index (Phi) is 5.83. The van der Waals surface area contributed by atoms with Crippen LogP contribution in [0.25, 0.3) is 5.65 Å². The molecule has 2 aromatic heterocycles. The fourth-order valence-electron chi connectivity index (χ4n) is 2.72. The Morgan fingerprint density at radius 2 is 2.12 bits per heavy atom. The molecule has 7 heteroatoms. The predicted octanol–water partition coefficient (Wildman–Crippen LogP) is 3.51. The number of rotatable bonds is 7. The second-order valence-corrected chi connectivity index (χ2v) is 6.66. The Hall–Kier alpha value is -2.47. The number of benzene rings is 1. The molecule has 0 atom stereocenters. The van der Waals surface area contributed by atoms with Crippen molar-refractivity contribution in [3.05, 3.63) is 64.3 Å². The van der Waals surface area contributed by atoms with Crippen molar-refractivity contribution in [2.45, 2.75) is 32.6 Å². The average molecular weight is 375 g/mol. The van der Waals surface area contributed by atoms with Gasteiger partial charge in [0.05, 0.1) is 10.7 Å². The standard InChI is InChI=1S/C19H20ClFN4O/c1-13-9-18-23-11-15(12-25(18)24-13)3-2-8-22-19(26)7-5-14-4-6-16(20)17(21)10-14/h4,6,9-12H,2-3,5,7-8H2,1H3,(H,22,26). The number of aromatic nitrogens is 3. The first-order valence-corrected chi connectivity index (χ1v) is 8.90. The van der Waals surface area contributed by atoms with Crippen LogP contribution in [0.15, 0.2) is 36.7 Å². The molecule has 0 bridgehead atoms. The van der Waals surface area contributed by atoms with Crippen LogP contribution in [0.1, 0.15) is 29.7 Å². The largest absolute Gasteiger partial charge is 0.356 e. The number of carbonyl (C=O) groups excluding carboxylic acids is 1. The third-order valence-corrected chi connectivity index (χ3v) is 4.38. The number of amides is 1. The first-order chi connectivity index (χ1) is 12.5. The van der Waals surface area contributed by atoms with E-state index in [-0.39, 0.29) is 10.9 Å². The molecule has 0 aliphatic rings. The maximum Gasteiger partial charge on any atom is 0.220 e. The van der Waals surface area contributed by atoms with Gasteiger partial charge in [0.1, 0.15) is 5.82 Å². The third-order valence-electron chi connectivity index (χ3n) is 4.08. The second-order valence-electron chi connectivity index (χ2n) is 6.25. The normalized spacial score (nSPS) is 11.0. The summed E-state index contributed by atoms with van der Waals surface area (Å²) in [4.78, 5) is 16.3. The summed E-state index contributed by atoms with van der Waals surface area (Å²) in [6.45, 7) is 2.52. The summed E-state index contributed by atoms with van der Waals surface area (Å²) in [5, 5.41) is 7.33. The zero-order valence-electron chi connectivity index (χ0n) is 14.5. The quantitative estimate of drug-likeness (QED) is 0.644. The number of halogens is 2. The van der Waals surface area contributed by atoms with Crippen molar-refractivity contribution in [3.63, 3.8) is 0 Å². The minimum atomic E-state index is -0.456. The van der Waals surface area contributed by atoms with Crippen LogP contribution in [-0.2, 0) is 17.6 Å². The molecule has 1 aromatic carbocycles. The number of nitrogens with zero attached hydrogens (tertiary/aromatic N) is 3. The lowest BCUT2D eigenvalue weighted by molar-refractivity contribution is -0.121. The number of aryl methyl sites for hydroxylation is 3. The van der Waals surface area contributed by atoms with Crippen LogP contribution < -0.4 is 5.32 Å². The smallest absolute Gasteiger partial charge is 0.220 e. The van der Waals surface area contributed by atoms with E-state index < -0.39 is 5.82 Å². The fourth-order valence-corrected chi connectivity index (χ4v) is 2.84. The van der Waals surface area contributed by atoms with Gasteiger partial charge in [-0.05, 0) is 49.4 Å². The minimum absolute atomic E-state index is 0.0448. The van der Waals surface area contributed by atoms with Gasteiger partial charge in [0, 0.05) is 31.4 Å². The molecule has 3 rings (SSSR count). The van der Waals surface area contributed by atoms with E-state index >= 15 is 0 Å². The number of hydrogen-bond acceptors (Lipinski definition) is 3. The molecule has 5 nitrogen and oxygen atoms in total. The van der Waals surface area contributed by atoms with E-state index in [1.54, 1.807) is 10.6 Å². The maximum absolute atomic E-state index is 13.4. The molecular formula is C19H20ClFN4O. The van der Waals surface area contributed by atoms with E-state index in [0.29, 0.717) is 19.4 Å². The molecule has 0 fully saturated rings. The maximum atomic E-state index is 13.4. The summed E-state index contributed by atoms with van der Waals surface area (Å²) in [5.41, 5.74) is 3.60. The lowest BCUT2D eigenvalue weighted by Gasteiger charge is -2.06. The summed E-state index contributed by atoms with van der Waals surface area (Å²) in [7, 11) is 0. The highest BCUT2D eigenvalue weighted by atomic mass is 35.5. The predicted molar refractivity (Wildman–Crippen MR) is 98.8 cm³/mol. The topological polar surface area (TPSA) is 59.3 Å². The van der Waals surface area contributed by atoms with Crippen molar-refractivity contribution < 1.29 is 9.18 Å². The number of hydrogen-bond donors (Lipinski definition) is 1. The zero-order valence-corrected chi connectivity index (χ0v) is 15.3. The first kappa shape index (κ1) is 18.3. The van der Waals surface area contributed by atoms with Gasteiger partial charge >= 0.3 is 0 Å². The van der Waals surface area contributed by atoms with Crippen LogP contribution in [0.3, 0.4) is 0 Å². The summed E-state index contributed by atoms with van der Waals surface area (Å²) in [6.07, 6.45) is 6.24. The van der Waals surface area contributed by atoms with E-state index in [4.69, 9.17) is 11.6 Å². The van der Waals surface area contributed by atoms with E-state index in [1.807, 2.05) is 25.4 Å². The van der Waals surface area contributed by atoms with Gasteiger partial charge in [0.2, 0.25) is 5.91 Å². The van der Waals surface area contributed by atoms with E-state index in [2.05, 4.69) is 15.4 Å². The van der Waals surface area contributed by atoms with Crippen molar-refractivity contribution >= 4 is 23.2 Å². The molecule has 0 radical (unpaired) electrons. The van der Waals surface area contributed by atoms with Crippen LogP contribution in [0.5, 0.6) is 0 Å². The Bertz CT molecular complexity index is 925. The first-order valence-electron chi connectivity index (χ1n) is 8.53. The number of carbonyl (C=O) groups is 1. The van der Waals surface area contributed by atoms with Crippen LogP contribution in [0.4, 0.5) is 4.39 Å². The second kappa shape index (κ2) is 8.27. The van der Waals surface area contributed by atoms with E-state index in [1.165, 1.54) is 12.1 Å². The average Bonchev–Trinajstić information content (AvgIpc) is 2.99. The lowest BCUT2D eigenvalue weighted by Crippen LogP contribution is -2.25. The van der Waals surface area contributed by atoms with Gasteiger partial charge in [-0.25, -0.2) is 13.9 Å². The summed E-state index contributed by atoms with van der Waals surface area (Å²) < 4.78 is 15.1. The van der Waals surface area contributed by atoms with Gasteiger partial charge < -0.3 is 5.32 Å². The molecule has 0 unspecified atom stereocenters. The van der Waals surface area contributed by atoms with Gasteiger partial charge in [0.15, 0.2) is 5.65 Å². The molecule has 26 heavy (non-hydrogen) atoms. The van der Waals surface area contributed by atoms with Gasteiger partial charge in [-0.1, -0.05) is 17.7 Å². The molecule has 0 aliphatic heterocycles. The molecule has 0 spiro atoms. The van der Waals surface area contributed by atoms with Gasteiger partial charge in [-0.3, -0.25) is 4.79 Å². The molecule has 0 saturated heterocycles. The molecule has 0 saturated carbocycles. The Morgan fingerprint density at radius 3 is 2.92 bits per heavy atom. The lowest BCUT2D eigenvalue weighted by atomic mass is 10.1. The highest BCUT2D eigenvalue weighted by Crippen LogP contribution is 2.16. The minimum Gasteiger partial charge on any atom is -0.356 e. The zero-order chi connectivity index (χ0) is 18.5. The summed E-state index contributed by atoms with van der Waals surface area (Å²) >= 11 is 5.65.